The quantitative estimate of drug-likeness (QED) is 0.0442. The summed E-state index contributed by atoms with van der Waals surface area (Å²) in [6, 6.07) is -4.81. The number of hydrogen-bond donors (Lipinski definition) is 0. The fourth-order valence-electron chi connectivity index (χ4n) is 2.92. The Bertz CT molecular complexity index is 941. The third-order valence-electron chi connectivity index (χ3n) is 5.28. The topological polar surface area (TPSA) is 116 Å². The fourth-order valence-corrected chi connectivity index (χ4v) is 2.92. The van der Waals surface area contributed by atoms with Gasteiger partial charge in [0.15, 0.2) is 0 Å². The highest BCUT2D eigenvalue weighted by molar-refractivity contribution is 5.02. The van der Waals surface area contributed by atoms with Crippen LogP contribution in [0.3, 0.4) is 0 Å². The lowest BCUT2D eigenvalue weighted by atomic mass is 9.98. The van der Waals surface area contributed by atoms with Gasteiger partial charge in [-0.1, -0.05) is 10.2 Å². The summed E-state index contributed by atoms with van der Waals surface area (Å²) in [7, 11) is 0. The maximum atomic E-state index is 13.7. The molecule has 0 saturated carbocycles. The molecular weight excluding hydrogens is 674 g/mol. The van der Waals surface area contributed by atoms with Crippen molar-refractivity contribution in [3.8, 4) is 0 Å². The zero-order valence-corrected chi connectivity index (χ0v) is 21.1. The van der Waals surface area contributed by atoms with Crippen LogP contribution in [0.1, 0.15) is 25.7 Å². The van der Waals surface area contributed by atoms with Gasteiger partial charge in [-0.3, -0.25) is 0 Å². The molecule has 0 aliphatic heterocycles. The molecule has 0 saturated heterocycles. The molecule has 0 bridgehead atoms. The van der Waals surface area contributed by atoms with Gasteiger partial charge in [-0.25, -0.2) is 0 Å². The summed E-state index contributed by atoms with van der Waals surface area (Å²) in [5.74, 6) is -40.5. The van der Waals surface area contributed by atoms with Gasteiger partial charge in [0.2, 0.25) is 0 Å². The van der Waals surface area contributed by atoms with Crippen LogP contribution in [0, 0.1) is 0 Å². The van der Waals surface area contributed by atoms with Crippen molar-refractivity contribution in [2.24, 2.45) is 10.2 Å². The fraction of sp³-hybridized carbons (Fsp3) is 1.00. The number of halogens is 18. The minimum Gasteiger partial charge on any atom is -0.381 e. The molecule has 2 atom stereocenters. The second kappa shape index (κ2) is 14.6. The molecular formula is C18H18F18N6O2. The first kappa shape index (κ1) is 41.3. The lowest BCUT2D eigenvalue weighted by Gasteiger charge is -2.34. The van der Waals surface area contributed by atoms with Crippen molar-refractivity contribution in [3.63, 3.8) is 0 Å². The van der Waals surface area contributed by atoms with E-state index in [0.717, 1.165) is 0 Å². The van der Waals surface area contributed by atoms with Crippen LogP contribution in [0.25, 0.3) is 20.9 Å². The molecule has 8 nitrogen and oxygen atoms in total. The third-order valence-corrected chi connectivity index (χ3v) is 5.28. The average Bonchev–Trinajstić information content (AvgIpc) is 2.83. The zero-order valence-electron chi connectivity index (χ0n) is 21.1. The van der Waals surface area contributed by atoms with Crippen LogP contribution in [-0.4, -0.2) is 86.4 Å². The smallest absolute Gasteiger partial charge is 0.381 e. The van der Waals surface area contributed by atoms with Crippen molar-refractivity contribution in [1.29, 1.82) is 0 Å². The molecule has 0 amide bonds. The molecule has 0 spiro atoms. The average molecular weight is 692 g/mol. The number of alkyl halides is 18. The van der Waals surface area contributed by atoms with Crippen molar-refractivity contribution in [1.82, 2.24) is 0 Å². The second-order valence-corrected chi connectivity index (χ2v) is 8.68. The molecule has 26 heteroatoms. The third kappa shape index (κ3) is 9.39. The number of ether oxygens (including phenoxy) is 2. The maximum absolute atomic E-state index is 13.7. The zero-order chi connectivity index (χ0) is 35.1. The number of unbranched alkanes of at least 4 members (excludes halogenated alkanes) is 1. The Labute approximate surface area is 232 Å². The van der Waals surface area contributed by atoms with E-state index >= 15 is 0 Å². The molecule has 0 radical (unpaired) electrons. The van der Waals surface area contributed by atoms with Crippen LogP contribution < -0.4 is 0 Å². The van der Waals surface area contributed by atoms with Crippen LogP contribution in [-0.2, 0) is 9.47 Å². The van der Waals surface area contributed by atoms with E-state index in [1.54, 1.807) is 0 Å². The molecule has 258 valence electrons. The van der Waals surface area contributed by atoms with Gasteiger partial charge in [0, 0.05) is 35.9 Å². The van der Waals surface area contributed by atoms with Crippen LogP contribution in [0.2, 0.25) is 0 Å². The molecule has 0 aliphatic carbocycles. The Morgan fingerprint density at radius 2 is 0.750 bits per heavy atom. The lowest BCUT2D eigenvalue weighted by molar-refractivity contribution is -0.397. The standard InChI is InChI=1S/C18H18F18N6O2/c19-11(20,13(23,24)15(27,28)17(31,32)33)5-9(39-41-37)7-43-3-1-2-4-44-8-10(40-42-38)6-12(21,22)14(25,26)16(29,30)18(34,35)36/h9-10H,1-8H2. The number of rotatable bonds is 19. The highest BCUT2D eigenvalue weighted by Crippen LogP contribution is 2.55. The molecule has 0 aliphatic rings. The molecule has 0 aromatic carbocycles. The highest BCUT2D eigenvalue weighted by atomic mass is 19.4. The largest absolute Gasteiger partial charge is 0.460 e. The SMILES string of the molecule is [N-]=[N+]=NC(COCCCCOCC(CC(F)(F)C(F)(F)C(F)(F)C(F)(F)F)N=[N+]=[N-])CC(F)(F)C(F)(F)C(F)(F)C(F)(F)F. The first-order valence-electron chi connectivity index (χ1n) is 11.2. The van der Waals surface area contributed by atoms with Gasteiger partial charge in [0.25, 0.3) is 0 Å². The van der Waals surface area contributed by atoms with Gasteiger partial charge in [-0.15, -0.1) is 0 Å². The number of azide groups is 2. The lowest BCUT2D eigenvalue weighted by Crippen LogP contribution is -2.61. The van der Waals surface area contributed by atoms with Gasteiger partial charge in [-0.2, -0.15) is 79.0 Å². The monoisotopic (exact) mass is 692 g/mol. The van der Waals surface area contributed by atoms with Crippen molar-refractivity contribution >= 4 is 0 Å². The summed E-state index contributed by atoms with van der Waals surface area (Å²) >= 11 is 0. The maximum Gasteiger partial charge on any atom is 0.460 e. The number of nitrogens with zero attached hydrogens (tertiary/aromatic N) is 6. The van der Waals surface area contributed by atoms with Crippen molar-refractivity contribution in [3.05, 3.63) is 20.9 Å². The van der Waals surface area contributed by atoms with Crippen molar-refractivity contribution < 1.29 is 88.5 Å². The van der Waals surface area contributed by atoms with Crippen molar-refractivity contribution in [2.45, 2.75) is 85.7 Å². The first-order valence-corrected chi connectivity index (χ1v) is 11.2. The van der Waals surface area contributed by atoms with Gasteiger partial charge in [0.1, 0.15) is 0 Å². The van der Waals surface area contributed by atoms with E-state index in [4.69, 9.17) is 11.1 Å². The second-order valence-electron chi connectivity index (χ2n) is 8.68. The molecule has 0 heterocycles. The predicted molar refractivity (Wildman–Crippen MR) is 108 cm³/mol. The molecule has 0 aromatic heterocycles. The molecule has 44 heavy (non-hydrogen) atoms. The van der Waals surface area contributed by atoms with Crippen LogP contribution >= 0.6 is 0 Å². The summed E-state index contributed by atoms with van der Waals surface area (Å²) in [5.41, 5.74) is 16.6. The van der Waals surface area contributed by atoms with E-state index in [-0.39, 0.29) is 12.8 Å². The Morgan fingerprint density at radius 3 is 0.977 bits per heavy atom. The van der Waals surface area contributed by atoms with Crippen molar-refractivity contribution in [2.75, 3.05) is 26.4 Å². The Morgan fingerprint density at radius 1 is 0.477 bits per heavy atom. The molecule has 0 fully saturated rings. The van der Waals surface area contributed by atoms with Gasteiger partial charge >= 0.3 is 47.9 Å². The summed E-state index contributed by atoms with van der Waals surface area (Å²) < 4.78 is 243. The van der Waals surface area contributed by atoms with E-state index in [2.05, 4.69) is 19.7 Å². The summed E-state index contributed by atoms with van der Waals surface area (Å²) in [4.78, 5) is 3.91. The Balaban J connectivity index is 4.97. The summed E-state index contributed by atoms with van der Waals surface area (Å²) in [6.45, 7) is -3.62. The highest BCUT2D eigenvalue weighted by Gasteiger charge is 2.82. The summed E-state index contributed by atoms with van der Waals surface area (Å²) in [6.07, 6.45) is -19.7. The van der Waals surface area contributed by atoms with Gasteiger partial charge in [-0.05, 0) is 23.9 Å². The Hall–Kier alpha value is -2.72. The predicted octanol–water partition coefficient (Wildman–Crippen LogP) is 8.87. The first-order chi connectivity index (χ1) is 19.6. The van der Waals surface area contributed by atoms with Crippen LogP contribution in [0.4, 0.5) is 79.0 Å². The minimum atomic E-state index is -7.19. The normalized spacial score (nSPS) is 15.8. The van der Waals surface area contributed by atoms with E-state index in [9.17, 15) is 79.0 Å². The number of hydrogen-bond acceptors (Lipinski definition) is 4. The minimum absolute atomic E-state index is 0.250. The summed E-state index contributed by atoms with van der Waals surface area (Å²) in [5, 5.41) is 5.11. The van der Waals surface area contributed by atoms with E-state index in [0.29, 0.717) is 0 Å². The van der Waals surface area contributed by atoms with E-state index < -0.39 is 99.2 Å². The molecule has 0 N–H and O–H groups in total. The van der Waals surface area contributed by atoms with Gasteiger partial charge < -0.3 is 9.47 Å². The van der Waals surface area contributed by atoms with Crippen LogP contribution in [0.5, 0.6) is 0 Å². The molecule has 0 aromatic rings. The molecule has 0 rings (SSSR count). The van der Waals surface area contributed by atoms with E-state index in [1.165, 1.54) is 0 Å². The Kier molecular flexibility index (Phi) is 13.7. The van der Waals surface area contributed by atoms with Gasteiger partial charge in [0.05, 0.1) is 25.3 Å². The molecule has 2 unspecified atom stereocenters. The van der Waals surface area contributed by atoms with Crippen LogP contribution in [0.15, 0.2) is 10.2 Å². The van der Waals surface area contributed by atoms with E-state index in [1.807, 2.05) is 9.82 Å².